The molecule has 0 aliphatic rings. The number of pyridine rings is 1. The molecular formula is C18H19N5O2S. The first-order valence-electron chi connectivity index (χ1n) is 8.10. The van der Waals surface area contributed by atoms with Gasteiger partial charge in [-0.2, -0.15) is 0 Å². The minimum Gasteiger partial charge on any atom is -0.497 e. The van der Waals surface area contributed by atoms with Crippen molar-refractivity contribution in [1.82, 2.24) is 25.5 Å². The molecule has 7 nitrogen and oxygen atoms in total. The van der Waals surface area contributed by atoms with Crippen molar-refractivity contribution in [2.45, 2.75) is 11.6 Å². The van der Waals surface area contributed by atoms with E-state index in [1.165, 1.54) is 11.8 Å². The molecule has 2 aromatic heterocycles. The number of aromatic amines is 1. The number of aromatic nitrogens is 4. The van der Waals surface area contributed by atoms with Crippen LogP contribution in [0.4, 0.5) is 0 Å². The molecule has 3 aromatic rings. The fraction of sp³-hybridized carbons (Fsp3) is 0.222. The zero-order chi connectivity index (χ0) is 18.2. The minimum absolute atomic E-state index is 0.0428. The maximum Gasteiger partial charge on any atom is 0.230 e. The van der Waals surface area contributed by atoms with E-state index in [9.17, 15) is 4.79 Å². The molecule has 0 saturated carbocycles. The van der Waals surface area contributed by atoms with E-state index in [0.717, 1.165) is 23.3 Å². The topological polar surface area (TPSA) is 92.8 Å². The third-order valence-electron chi connectivity index (χ3n) is 3.65. The van der Waals surface area contributed by atoms with Gasteiger partial charge >= 0.3 is 0 Å². The number of benzene rings is 1. The van der Waals surface area contributed by atoms with Gasteiger partial charge in [-0.05, 0) is 36.2 Å². The predicted octanol–water partition coefficient (Wildman–Crippen LogP) is 2.33. The quantitative estimate of drug-likeness (QED) is 0.592. The summed E-state index contributed by atoms with van der Waals surface area (Å²) < 4.78 is 5.13. The number of carbonyl (C=O) groups is 1. The lowest BCUT2D eigenvalue weighted by Crippen LogP contribution is -2.27. The normalized spacial score (nSPS) is 10.5. The number of rotatable bonds is 8. The van der Waals surface area contributed by atoms with Gasteiger partial charge in [-0.15, -0.1) is 5.10 Å². The van der Waals surface area contributed by atoms with Crippen LogP contribution < -0.4 is 10.1 Å². The van der Waals surface area contributed by atoms with Crippen LogP contribution in [-0.4, -0.2) is 45.5 Å². The van der Waals surface area contributed by atoms with Crippen LogP contribution >= 0.6 is 11.8 Å². The Morgan fingerprint density at radius 1 is 1.19 bits per heavy atom. The molecule has 134 valence electrons. The van der Waals surface area contributed by atoms with Gasteiger partial charge in [0.1, 0.15) is 5.75 Å². The molecule has 0 aliphatic heterocycles. The molecule has 1 aromatic carbocycles. The van der Waals surface area contributed by atoms with Crippen molar-refractivity contribution >= 4 is 17.7 Å². The molecule has 8 heteroatoms. The van der Waals surface area contributed by atoms with Gasteiger partial charge in [0, 0.05) is 24.5 Å². The van der Waals surface area contributed by atoms with Crippen LogP contribution in [-0.2, 0) is 11.2 Å². The molecule has 1 amide bonds. The van der Waals surface area contributed by atoms with Gasteiger partial charge < -0.3 is 10.1 Å². The molecule has 0 atom stereocenters. The molecule has 0 radical (unpaired) electrons. The number of hydrogen-bond acceptors (Lipinski definition) is 6. The Morgan fingerprint density at radius 2 is 1.96 bits per heavy atom. The second kappa shape index (κ2) is 9.00. The second-order valence-electron chi connectivity index (χ2n) is 5.44. The summed E-state index contributed by atoms with van der Waals surface area (Å²) in [6, 6.07) is 11.5. The number of amides is 1. The lowest BCUT2D eigenvalue weighted by Gasteiger charge is -2.05. The zero-order valence-electron chi connectivity index (χ0n) is 14.3. The monoisotopic (exact) mass is 369 g/mol. The highest BCUT2D eigenvalue weighted by molar-refractivity contribution is 7.99. The molecule has 26 heavy (non-hydrogen) atoms. The van der Waals surface area contributed by atoms with Crippen LogP contribution in [0.5, 0.6) is 5.75 Å². The van der Waals surface area contributed by atoms with Gasteiger partial charge in [0.05, 0.1) is 12.9 Å². The van der Waals surface area contributed by atoms with Crippen molar-refractivity contribution < 1.29 is 9.53 Å². The van der Waals surface area contributed by atoms with Crippen molar-refractivity contribution in [2.24, 2.45) is 0 Å². The minimum atomic E-state index is -0.0428. The lowest BCUT2D eigenvalue weighted by atomic mass is 10.1. The third kappa shape index (κ3) is 5.06. The molecule has 0 saturated heterocycles. The van der Waals surface area contributed by atoms with E-state index >= 15 is 0 Å². The Balaban J connectivity index is 1.40. The third-order valence-corrected chi connectivity index (χ3v) is 4.49. The number of ether oxygens (including phenoxy) is 1. The summed E-state index contributed by atoms with van der Waals surface area (Å²) >= 11 is 1.30. The van der Waals surface area contributed by atoms with E-state index < -0.39 is 0 Å². The molecule has 2 heterocycles. The largest absolute Gasteiger partial charge is 0.497 e. The van der Waals surface area contributed by atoms with Gasteiger partial charge in [0.15, 0.2) is 5.82 Å². The second-order valence-corrected chi connectivity index (χ2v) is 6.38. The fourth-order valence-corrected chi connectivity index (χ4v) is 2.90. The highest BCUT2D eigenvalue weighted by Crippen LogP contribution is 2.18. The van der Waals surface area contributed by atoms with Crippen LogP contribution in [0, 0.1) is 0 Å². The van der Waals surface area contributed by atoms with E-state index in [2.05, 4.69) is 25.5 Å². The lowest BCUT2D eigenvalue weighted by molar-refractivity contribution is -0.118. The van der Waals surface area contributed by atoms with E-state index in [4.69, 9.17) is 4.74 Å². The molecule has 3 rings (SSSR count). The Morgan fingerprint density at radius 3 is 2.69 bits per heavy atom. The van der Waals surface area contributed by atoms with Crippen molar-refractivity contribution in [3.05, 3.63) is 54.4 Å². The van der Waals surface area contributed by atoms with Crippen molar-refractivity contribution in [1.29, 1.82) is 0 Å². The number of carbonyl (C=O) groups excluding carboxylic acids is 1. The van der Waals surface area contributed by atoms with Crippen LogP contribution in [0.3, 0.4) is 0 Å². The number of hydrogen-bond donors (Lipinski definition) is 2. The first kappa shape index (κ1) is 17.9. The molecule has 0 unspecified atom stereocenters. The maximum atomic E-state index is 12.0. The number of methoxy groups -OCH3 is 1. The van der Waals surface area contributed by atoms with Crippen LogP contribution in [0.15, 0.2) is 53.9 Å². The number of H-pyrrole nitrogens is 1. The molecular weight excluding hydrogens is 350 g/mol. The average molecular weight is 369 g/mol. The zero-order valence-corrected chi connectivity index (χ0v) is 15.1. The molecule has 2 N–H and O–H groups in total. The van der Waals surface area contributed by atoms with Gasteiger partial charge in [0.25, 0.3) is 0 Å². The van der Waals surface area contributed by atoms with Crippen LogP contribution in [0.1, 0.15) is 5.56 Å². The molecule has 0 aliphatic carbocycles. The maximum absolute atomic E-state index is 12.0. The van der Waals surface area contributed by atoms with Crippen molar-refractivity contribution in [3.8, 4) is 17.1 Å². The van der Waals surface area contributed by atoms with E-state index in [1.807, 2.05) is 36.4 Å². The first-order valence-corrected chi connectivity index (χ1v) is 9.08. The van der Waals surface area contributed by atoms with Gasteiger partial charge in [-0.1, -0.05) is 23.9 Å². The standard InChI is InChI=1S/C18H19N5O2S/c1-25-15-4-2-13(3-5-15)6-11-20-16(24)12-26-18-21-17(22-23-18)14-7-9-19-10-8-14/h2-5,7-10H,6,11-12H2,1H3,(H,20,24)(H,21,22,23). The highest BCUT2D eigenvalue weighted by atomic mass is 32.2. The smallest absolute Gasteiger partial charge is 0.230 e. The van der Waals surface area contributed by atoms with E-state index in [-0.39, 0.29) is 11.7 Å². The SMILES string of the molecule is COc1ccc(CCNC(=O)CSc2n[nH]c(-c3ccncc3)n2)cc1. The summed E-state index contributed by atoms with van der Waals surface area (Å²) in [5.41, 5.74) is 2.05. The summed E-state index contributed by atoms with van der Waals surface area (Å²) in [6.07, 6.45) is 4.16. The summed E-state index contributed by atoms with van der Waals surface area (Å²) in [7, 11) is 1.64. The first-order chi connectivity index (χ1) is 12.7. The summed E-state index contributed by atoms with van der Waals surface area (Å²) in [5.74, 6) is 1.72. The fourth-order valence-electron chi connectivity index (χ4n) is 2.27. The summed E-state index contributed by atoms with van der Waals surface area (Å²) in [4.78, 5) is 20.3. The van der Waals surface area contributed by atoms with Crippen LogP contribution in [0.2, 0.25) is 0 Å². The van der Waals surface area contributed by atoms with Crippen molar-refractivity contribution in [2.75, 3.05) is 19.4 Å². The van der Waals surface area contributed by atoms with Gasteiger partial charge in [-0.3, -0.25) is 14.9 Å². The molecule has 0 spiro atoms. The Labute approximate surface area is 155 Å². The Kier molecular flexibility index (Phi) is 6.21. The number of thioether (sulfide) groups is 1. The number of nitrogens with zero attached hydrogens (tertiary/aromatic N) is 3. The highest BCUT2D eigenvalue weighted by Gasteiger charge is 2.08. The predicted molar refractivity (Wildman–Crippen MR) is 100 cm³/mol. The van der Waals surface area contributed by atoms with Gasteiger partial charge in [-0.25, -0.2) is 4.98 Å². The summed E-state index contributed by atoms with van der Waals surface area (Å²) in [5, 5.41) is 10.4. The van der Waals surface area contributed by atoms with E-state index in [0.29, 0.717) is 17.5 Å². The molecule has 0 bridgehead atoms. The number of nitrogens with one attached hydrogen (secondary N) is 2. The van der Waals surface area contributed by atoms with Crippen molar-refractivity contribution in [3.63, 3.8) is 0 Å². The Hall–Kier alpha value is -2.87. The molecule has 0 fully saturated rings. The van der Waals surface area contributed by atoms with Crippen LogP contribution in [0.25, 0.3) is 11.4 Å². The van der Waals surface area contributed by atoms with E-state index in [1.54, 1.807) is 19.5 Å². The average Bonchev–Trinajstić information content (AvgIpc) is 3.17. The van der Waals surface area contributed by atoms with Gasteiger partial charge in [0.2, 0.25) is 11.1 Å². The Bertz CT molecular complexity index is 836. The summed E-state index contributed by atoms with van der Waals surface area (Å²) in [6.45, 7) is 0.585.